The van der Waals surface area contributed by atoms with Crippen molar-refractivity contribution < 1.29 is 24.2 Å². The van der Waals surface area contributed by atoms with Gasteiger partial charge in [-0.1, -0.05) is 0 Å². The fourth-order valence-electron chi connectivity index (χ4n) is 0.931. The van der Waals surface area contributed by atoms with Gasteiger partial charge in [-0.25, -0.2) is 4.79 Å². The van der Waals surface area contributed by atoms with Crippen LogP contribution in [-0.4, -0.2) is 29.6 Å². The topological polar surface area (TPSA) is 79.9 Å². The number of aliphatic hydroxyl groups excluding tert-OH is 1. The molecule has 1 aromatic heterocycles. The molecular formula is C8H10O5. The van der Waals surface area contributed by atoms with Gasteiger partial charge in [-0.2, -0.15) is 0 Å². The molecule has 0 radical (unpaired) electrons. The van der Waals surface area contributed by atoms with E-state index in [9.17, 15) is 4.79 Å². The van der Waals surface area contributed by atoms with Gasteiger partial charge in [0.1, 0.15) is 11.3 Å². The average Bonchev–Trinajstić information content (AvgIpc) is 2.52. The van der Waals surface area contributed by atoms with Crippen LogP contribution in [0.5, 0.6) is 0 Å². The van der Waals surface area contributed by atoms with Gasteiger partial charge in [0, 0.05) is 7.11 Å². The Bertz CT molecular complexity index is 290. The summed E-state index contributed by atoms with van der Waals surface area (Å²) in [4.78, 5) is 10.6. The normalized spacial score (nSPS) is 12.8. The molecule has 0 bridgehead atoms. The molecule has 72 valence electrons. The van der Waals surface area contributed by atoms with E-state index in [0.29, 0.717) is 0 Å². The molecule has 0 saturated heterocycles. The van der Waals surface area contributed by atoms with Crippen LogP contribution in [0.3, 0.4) is 0 Å². The van der Waals surface area contributed by atoms with Gasteiger partial charge in [0.25, 0.3) is 0 Å². The zero-order valence-electron chi connectivity index (χ0n) is 7.06. The first-order chi connectivity index (χ1) is 6.15. The van der Waals surface area contributed by atoms with Gasteiger partial charge < -0.3 is 19.4 Å². The molecule has 1 unspecified atom stereocenters. The minimum Gasteiger partial charge on any atom is -0.478 e. The van der Waals surface area contributed by atoms with Crippen molar-refractivity contribution in [3.63, 3.8) is 0 Å². The Morgan fingerprint density at radius 3 is 3.00 bits per heavy atom. The first-order valence-corrected chi connectivity index (χ1v) is 3.65. The zero-order valence-corrected chi connectivity index (χ0v) is 7.06. The summed E-state index contributed by atoms with van der Waals surface area (Å²) in [7, 11) is 1.33. The van der Waals surface area contributed by atoms with Gasteiger partial charge >= 0.3 is 5.97 Å². The van der Waals surface area contributed by atoms with Crippen LogP contribution in [-0.2, 0) is 11.2 Å². The number of aliphatic hydroxyl groups is 1. The van der Waals surface area contributed by atoms with E-state index in [4.69, 9.17) is 14.6 Å². The Morgan fingerprint density at radius 2 is 2.46 bits per heavy atom. The second-order valence-corrected chi connectivity index (χ2v) is 2.46. The Labute approximate surface area is 74.5 Å². The van der Waals surface area contributed by atoms with Crippen molar-refractivity contribution in [1.82, 2.24) is 0 Å². The number of carboxylic acids is 1. The smallest absolute Gasteiger partial charge is 0.339 e. The summed E-state index contributed by atoms with van der Waals surface area (Å²) < 4.78 is 9.44. The lowest BCUT2D eigenvalue weighted by molar-refractivity contribution is -0.0747. The Balaban J connectivity index is 2.76. The molecule has 1 heterocycles. The number of rotatable bonds is 4. The van der Waals surface area contributed by atoms with Crippen molar-refractivity contribution in [2.24, 2.45) is 0 Å². The first-order valence-electron chi connectivity index (χ1n) is 3.65. The van der Waals surface area contributed by atoms with E-state index in [0.717, 1.165) is 0 Å². The maximum Gasteiger partial charge on any atom is 0.339 e. The molecule has 1 rings (SSSR count). The maximum absolute atomic E-state index is 10.6. The Hall–Kier alpha value is -1.33. The largest absolute Gasteiger partial charge is 0.478 e. The summed E-state index contributed by atoms with van der Waals surface area (Å²) >= 11 is 0. The summed E-state index contributed by atoms with van der Waals surface area (Å²) in [5.74, 6) is -0.867. The van der Waals surface area contributed by atoms with Crippen LogP contribution in [0.15, 0.2) is 16.7 Å². The molecule has 0 saturated carbocycles. The molecule has 0 fully saturated rings. The van der Waals surface area contributed by atoms with Gasteiger partial charge in [-0.15, -0.1) is 0 Å². The molecule has 1 aromatic rings. The van der Waals surface area contributed by atoms with E-state index in [1.54, 1.807) is 0 Å². The number of furan rings is 1. The summed E-state index contributed by atoms with van der Waals surface area (Å²) in [6.07, 6.45) is 0.260. The van der Waals surface area contributed by atoms with Crippen LogP contribution in [0.4, 0.5) is 0 Å². The summed E-state index contributed by atoms with van der Waals surface area (Å²) in [6.45, 7) is 0. The average molecular weight is 186 g/mol. The molecule has 5 heteroatoms. The number of carboxylic acid groups (broad SMARTS) is 1. The van der Waals surface area contributed by atoms with Crippen LogP contribution in [0.1, 0.15) is 16.1 Å². The fourth-order valence-corrected chi connectivity index (χ4v) is 0.931. The summed E-state index contributed by atoms with van der Waals surface area (Å²) in [6, 6.07) is 1.33. The minimum atomic E-state index is -1.08. The predicted octanol–water partition coefficient (Wildman–Crippen LogP) is 0.485. The lowest BCUT2D eigenvalue weighted by Crippen LogP contribution is -2.13. The van der Waals surface area contributed by atoms with E-state index in [2.05, 4.69) is 4.74 Å². The van der Waals surface area contributed by atoms with Crippen LogP contribution in [0.2, 0.25) is 0 Å². The SMILES string of the molecule is COC(O)Cc1occc1C(=O)O. The van der Waals surface area contributed by atoms with E-state index in [1.165, 1.54) is 19.4 Å². The number of ether oxygens (including phenoxy) is 1. The third kappa shape index (κ3) is 2.30. The zero-order chi connectivity index (χ0) is 9.84. The number of aromatic carboxylic acids is 1. The monoisotopic (exact) mass is 186 g/mol. The Kier molecular flexibility index (Phi) is 3.05. The summed E-state index contributed by atoms with van der Waals surface area (Å²) in [5.41, 5.74) is 0.0519. The highest BCUT2D eigenvalue weighted by atomic mass is 16.6. The third-order valence-electron chi connectivity index (χ3n) is 1.61. The first kappa shape index (κ1) is 9.76. The van der Waals surface area contributed by atoms with Crippen molar-refractivity contribution in [1.29, 1.82) is 0 Å². The van der Waals surface area contributed by atoms with E-state index >= 15 is 0 Å². The highest BCUT2D eigenvalue weighted by Crippen LogP contribution is 2.12. The predicted molar refractivity (Wildman–Crippen MR) is 42.4 cm³/mol. The van der Waals surface area contributed by atoms with Crippen molar-refractivity contribution in [3.8, 4) is 0 Å². The molecule has 13 heavy (non-hydrogen) atoms. The molecule has 2 N–H and O–H groups in total. The van der Waals surface area contributed by atoms with Crippen molar-refractivity contribution >= 4 is 5.97 Å². The van der Waals surface area contributed by atoms with Gasteiger partial charge in [0.2, 0.25) is 0 Å². The number of carbonyl (C=O) groups is 1. The summed E-state index contributed by atoms with van der Waals surface area (Å²) in [5, 5.41) is 17.7. The van der Waals surface area contributed by atoms with E-state index in [-0.39, 0.29) is 17.7 Å². The minimum absolute atomic E-state index is 0.0329. The van der Waals surface area contributed by atoms with Crippen molar-refractivity contribution in [3.05, 3.63) is 23.7 Å². The number of methoxy groups -OCH3 is 1. The lowest BCUT2D eigenvalue weighted by Gasteiger charge is -2.05. The molecule has 0 aliphatic rings. The molecule has 0 spiro atoms. The van der Waals surface area contributed by atoms with E-state index in [1.807, 2.05) is 0 Å². The number of hydrogen-bond acceptors (Lipinski definition) is 4. The second-order valence-electron chi connectivity index (χ2n) is 2.46. The van der Waals surface area contributed by atoms with Crippen molar-refractivity contribution in [2.45, 2.75) is 12.7 Å². The molecule has 0 amide bonds. The molecule has 1 atom stereocenters. The third-order valence-corrected chi connectivity index (χ3v) is 1.61. The van der Waals surface area contributed by atoms with E-state index < -0.39 is 12.3 Å². The highest BCUT2D eigenvalue weighted by molar-refractivity contribution is 5.88. The van der Waals surface area contributed by atoms with Crippen molar-refractivity contribution in [2.75, 3.05) is 7.11 Å². The van der Waals surface area contributed by atoms with Gasteiger partial charge in [-0.05, 0) is 6.07 Å². The highest BCUT2D eigenvalue weighted by Gasteiger charge is 2.16. The van der Waals surface area contributed by atoms with Crippen LogP contribution in [0, 0.1) is 0 Å². The van der Waals surface area contributed by atoms with Crippen LogP contribution in [0.25, 0.3) is 0 Å². The second kappa shape index (κ2) is 4.06. The fraction of sp³-hybridized carbons (Fsp3) is 0.375. The molecular weight excluding hydrogens is 176 g/mol. The molecule has 0 aliphatic carbocycles. The van der Waals surface area contributed by atoms with Crippen LogP contribution >= 0.6 is 0 Å². The lowest BCUT2D eigenvalue weighted by atomic mass is 10.2. The van der Waals surface area contributed by atoms with Gasteiger partial charge in [0.05, 0.1) is 12.7 Å². The molecule has 0 aromatic carbocycles. The van der Waals surface area contributed by atoms with Crippen LogP contribution < -0.4 is 0 Å². The standard InChI is InChI=1S/C8H10O5/c1-12-7(9)4-6-5(8(10)11)2-3-13-6/h2-3,7,9H,4H2,1H3,(H,10,11). The van der Waals surface area contributed by atoms with Gasteiger partial charge in [-0.3, -0.25) is 0 Å². The molecule has 0 aliphatic heterocycles. The quantitative estimate of drug-likeness (QED) is 0.668. The number of hydrogen-bond donors (Lipinski definition) is 2. The molecule has 5 nitrogen and oxygen atoms in total. The Morgan fingerprint density at radius 1 is 1.77 bits per heavy atom. The van der Waals surface area contributed by atoms with Gasteiger partial charge in [0.15, 0.2) is 6.29 Å². The maximum atomic E-state index is 10.6.